The van der Waals surface area contributed by atoms with Gasteiger partial charge in [-0.1, -0.05) is 38.0 Å². The van der Waals surface area contributed by atoms with Crippen LogP contribution >= 0.6 is 0 Å². The number of unbranched alkanes of at least 4 members (excludes halogenated alkanes) is 1. The molecule has 0 saturated carbocycles. The molecular weight excluding hydrogens is 250 g/mol. The number of fused-ring (bicyclic) bond motifs is 1. The number of pyridine rings is 1. The van der Waals surface area contributed by atoms with Crippen LogP contribution in [0.2, 0.25) is 0 Å². The van der Waals surface area contributed by atoms with Crippen molar-refractivity contribution in [2.75, 3.05) is 6.54 Å². The number of amides is 1. The number of hydrogen-bond acceptors (Lipinski definition) is 2. The molecule has 0 radical (unpaired) electrons. The molecule has 1 amide bonds. The molecule has 0 spiro atoms. The van der Waals surface area contributed by atoms with Crippen molar-refractivity contribution in [3.05, 3.63) is 48.3 Å². The van der Waals surface area contributed by atoms with E-state index in [1.54, 1.807) is 10.7 Å². The van der Waals surface area contributed by atoms with Crippen molar-refractivity contribution >= 4 is 11.4 Å². The second-order valence-corrected chi connectivity index (χ2v) is 5.17. The van der Waals surface area contributed by atoms with Gasteiger partial charge in [-0.25, -0.2) is 4.52 Å². The van der Waals surface area contributed by atoms with Crippen molar-refractivity contribution in [2.45, 2.75) is 32.2 Å². The summed E-state index contributed by atoms with van der Waals surface area (Å²) in [7, 11) is 0. The standard InChI is InChI=1S/C16H19N3O/c1-2-3-6-13-8-5-12-18(13)16(20)15-9-4-7-14-10-11-17-19(14)15/h4-5,7-11,13H,2-3,6,12H2,1H3/t13-/m1/s1. The highest BCUT2D eigenvalue weighted by atomic mass is 16.2. The predicted octanol–water partition coefficient (Wildman–Crippen LogP) is 2.91. The van der Waals surface area contributed by atoms with Crippen LogP contribution in [0.5, 0.6) is 0 Å². The van der Waals surface area contributed by atoms with Crippen molar-refractivity contribution in [1.82, 2.24) is 14.5 Å². The van der Waals surface area contributed by atoms with Crippen LogP contribution in [0.15, 0.2) is 42.6 Å². The van der Waals surface area contributed by atoms with Crippen molar-refractivity contribution < 1.29 is 4.79 Å². The van der Waals surface area contributed by atoms with Gasteiger partial charge in [-0.05, 0) is 24.6 Å². The lowest BCUT2D eigenvalue weighted by molar-refractivity contribution is 0.0734. The molecule has 0 unspecified atom stereocenters. The van der Waals surface area contributed by atoms with Gasteiger partial charge >= 0.3 is 0 Å². The Morgan fingerprint density at radius 2 is 2.30 bits per heavy atom. The minimum atomic E-state index is 0.0606. The Morgan fingerprint density at radius 3 is 3.15 bits per heavy atom. The third kappa shape index (κ3) is 2.22. The molecule has 2 aromatic rings. The van der Waals surface area contributed by atoms with Crippen LogP contribution in [0.4, 0.5) is 0 Å². The summed E-state index contributed by atoms with van der Waals surface area (Å²) in [5.41, 5.74) is 1.59. The van der Waals surface area contributed by atoms with Gasteiger partial charge in [-0.15, -0.1) is 0 Å². The molecule has 0 aromatic carbocycles. The molecule has 104 valence electrons. The maximum atomic E-state index is 12.8. The van der Waals surface area contributed by atoms with Crippen molar-refractivity contribution in [2.24, 2.45) is 0 Å². The van der Waals surface area contributed by atoms with Gasteiger partial charge in [0.15, 0.2) is 0 Å². The lowest BCUT2D eigenvalue weighted by Crippen LogP contribution is -2.37. The highest BCUT2D eigenvalue weighted by molar-refractivity contribution is 5.94. The third-order valence-corrected chi connectivity index (χ3v) is 3.82. The average Bonchev–Trinajstić information content (AvgIpc) is 3.12. The van der Waals surface area contributed by atoms with Crippen LogP contribution in [0, 0.1) is 0 Å². The van der Waals surface area contributed by atoms with E-state index in [0.29, 0.717) is 12.2 Å². The Labute approximate surface area is 118 Å². The van der Waals surface area contributed by atoms with Gasteiger partial charge in [0.25, 0.3) is 5.91 Å². The van der Waals surface area contributed by atoms with Crippen LogP contribution < -0.4 is 0 Å². The summed E-state index contributed by atoms with van der Waals surface area (Å²) in [6, 6.07) is 7.86. The maximum Gasteiger partial charge on any atom is 0.273 e. The molecule has 0 bridgehead atoms. The van der Waals surface area contributed by atoms with Gasteiger partial charge in [0, 0.05) is 6.54 Å². The third-order valence-electron chi connectivity index (χ3n) is 3.82. The molecule has 0 N–H and O–H groups in total. The lowest BCUT2D eigenvalue weighted by atomic mass is 10.1. The fourth-order valence-corrected chi connectivity index (χ4v) is 2.73. The van der Waals surface area contributed by atoms with Crippen molar-refractivity contribution in [3.8, 4) is 0 Å². The van der Waals surface area contributed by atoms with Crippen molar-refractivity contribution in [3.63, 3.8) is 0 Å². The largest absolute Gasteiger partial charge is 0.327 e. The molecule has 4 nitrogen and oxygen atoms in total. The zero-order valence-electron chi connectivity index (χ0n) is 11.7. The normalized spacial score (nSPS) is 18.1. The minimum absolute atomic E-state index is 0.0606. The first-order chi connectivity index (χ1) is 9.81. The molecule has 4 heteroatoms. The molecule has 1 aliphatic rings. The number of aromatic nitrogens is 2. The van der Waals surface area contributed by atoms with Crippen LogP contribution in [-0.2, 0) is 0 Å². The Balaban J connectivity index is 1.87. The number of rotatable bonds is 4. The van der Waals surface area contributed by atoms with E-state index in [2.05, 4.69) is 24.2 Å². The quantitative estimate of drug-likeness (QED) is 0.800. The van der Waals surface area contributed by atoms with E-state index >= 15 is 0 Å². The van der Waals surface area contributed by atoms with E-state index in [1.807, 2.05) is 29.2 Å². The number of carbonyl (C=O) groups is 1. The number of hydrogen-bond donors (Lipinski definition) is 0. The van der Waals surface area contributed by atoms with Gasteiger partial charge in [0.2, 0.25) is 0 Å². The van der Waals surface area contributed by atoms with E-state index in [0.717, 1.165) is 24.8 Å². The summed E-state index contributed by atoms with van der Waals surface area (Å²) in [6.45, 7) is 2.88. The van der Waals surface area contributed by atoms with Gasteiger partial charge in [0.1, 0.15) is 5.69 Å². The summed E-state index contributed by atoms with van der Waals surface area (Å²) < 4.78 is 1.72. The maximum absolute atomic E-state index is 12.8. The average molecular weight is 269 g/mol. The van der Waals surface area contributed by atoms with Gasteiger partial charge < -0.3 is 4.90 Å². The molecule has 0 fully saturated rings. The fourth-order valence-electron chi connectivity index (χ4n) is 2.73. The second kappa shape index (κ2) is 5.49. The first-order valence-corrected chi connectivity index (χ1v) is 7.21. The van der Waals surface area contributed by atoms with Gasteiger partial charge in [-0.2, -0.15) is 5.10 Å². The molecule has 1 aliphatic heterocycles. The topological polar surface area (TPSA) is 37.6 Å². The van der Waals surface area contributed by atoms with E-state index in [4.69, 9.17) is 0 Å². The summed E-state index contributed by atoms with van der Waals surface area (Å²) in [6.07, 6.45) is 9.29. The molecule has 1 atom stereocenters. The zero-order valence-corrected chi connectivity index (χ0v) is 11.7. The van der Waals surface area contributed by atoms with E-state index in [-0.39, 0.29) is 11.9 Å². The summed E-state index contributed by atoms with van der Waals surface area (Å²) >= 11 is 0. The lowest BCUT2D eigenvalue weighted by Gasteiger charge is -2.24. The van der Waals surface area contributed by atoms with Gasteiger partial charge in [0.05, 0.1) is 17.8 Å². The molecule has 0 saturated heterocycles. The monoisotopic (exact) mass is 269 g/mol. The van der Waals surface area contributed by atoms with Crippen LogP contribution in [0.3, 0.4) is 0 Å². The Morgan fingerprint density at radius 1 is 1.40 bits per heavy atom. The number of carbonyl (C=O) groups excluding carboxylic acids is 1. The molecule has 3 heterocycles. The summed E-state index contributed by atoms with van der Waals surface area (Å²) in [4.78, 5) is 14.7. The highest BCUT2D eigenvalue weighted by Crippen LogP contribution is 2.19. The van der Waals surface area contributed by atoms with E-state index in [1.165, 1.54) is 0 Å². The van der Waals surface area contributed by atoms with Crippen LogP contribution in [0.25, 0.3) is 5.52 Å². The molecule has 0 aliphatic carbocycles. The molecular formula is C16H19N3O. The smallest absolute Gasteiger partial charge is 0.273 e. The van der Waals surface area contributed by atoms with Gasteiger partial charge in [-0.3, -0.25) is 4.79 Å². The van der Waals surface area contributed by atoms with E-state index in [9.17, 15) is 4.79 Å². The van der Waals surface area contributed by atoms with Crippen LogP contribution in [-0.4, -0.2) is 33.0 Å². The number of nitrogens with zero attached hydrogens (tertiary/aromatic N) is 3. The SMILES string of the molecule is CCCC[C@@H]1C=CCN1C(=O)c1cccc2ccnn12. The molecule has 2 aromatic heterocycles. The predicted molar refractivity (Wildman–Crippen MR) is 78.7 cm³/mol. The first-order valence-electron chi connectivity index (χ1n) is 7.21. The second-order valence-electron chi connectivity index (χ2n) is 5.17. The fraction of sp³-hybridized carbons (Fsp3) is 0.375. The van der Waals surface area contributed by atoms with Crippen molar-refractivity contribution in [1.29, 1.82) is 0 Å². The molecule has 3 rings (SSSR count). The highest BCUT2D eigenvalue weighted by Gasteiger charge is 2.26. The Hall–Kier alpha value is -2.10. The summed E-state index contributed by atoms with van der Waals surface area (Å²) in [5, 5.41) is 4.25. The van der Waals surface area contributed by atoms with Crippen LogP contribution in [0.1, 0.15) is 36.7 Å². The molecule has 20 heavy (non-hydrogen) atoms. The minimum Gasteiger partial charge on any atom is -0.327 e. The Kier molecular flexibility index (Phi) is 3.54. The summed E-state index contributed by atoms with van der Waals surface area (Å²) in [5.74, 6) is 0.0606. The first kappa shape index (κ1) is 12.9. The Bertz CT molecular complexity index is 644. The van der Waals surface area contributed by atoms with E-state index < -0.39 is 0 Å². The zero-order chi connectivity index (χ0) is 13.9.